The number of carboxylic acid groups (broad SMARTS) is 1. The number of hydrogen-bond acceptors (Lipinski definition) is 4. The normalized spacial score (nSPS) is 10.4. The Balaban J connectivity index is 2.57. The molecule has 2 rings (SSSR count). The number of nitrogens with one attached hydrogen (secondary N) is 1. The fourth-order valence-electron chi connectivity index (χ4n) is 1.54. The SMILES string of the molecule is Cc1cc(C)n(-c2nc(Br)cnc2NC(=O)O)n1. The molecule has 2 heterocycles. The van der Waals surface area contributed by atoms with Gasteiger partial charge in [0.15, 0.2) is 11.6 Å². The van der Waals surface area contributed by atoms with Crippen molar-refractivity contribution in [3.63, 3.8) is 0 Å². The van der Waals surface area contributed by atoms with Gasteiger partial charge < -0.3 is 5.11 Å². The smallest absolute Gasteiger partial charge is 0.410 e. The standard InChI is InChI=1S/C10H10BrN5O2/c1-5-3-6(2)16(15-5)9-8(14-10(17)18)12-4-7(11)13-9/h3-4H,1-2H3,(H,12,14)(H,17,18). The van der Waals surface area contributed by atoms with Crippen LogP contribution in [0.1, 0.15) is 11.4 Å². The van der Waals surface area contributed by atoms with Gasteiger partial charge in [-0.25, -0.2) is 19.4 Å². The Morgan fingerprint density at radius 3 is 2.78 bits per heavy atom. The van der Waals surface area contributed by atoms with Gasteiger partial charge in [-0.2, -0.15) is 5.10 Å². The molecule has 2 aromatic heterocycles. The van der Waals surface area contributed by atoms with Crippen LogP contribution in [0.3, 0.4) is 0 Å². The van der Waals surface area contributed by atoms with Gasteiger partial charge in [0, 0.05) is 5.69 Å². The van der Waals surface area contributed by atoms with Crippen molar-refractivity contribution >= 4 is 27.8 Å². The zero-order valence-corrected chi connectivity index (χ0v) is 11.3. The van der Waals surface area contributed by atoms with Crippen LogP contribution in [0, 0.1) is 13.8 Å². The second kappa shape index (κ2) is 4.73. The van der Waals surface area contributed by atoms with Gasteiger partial charge in [0.25, 0.3) is 0 Å². The number of carbonyl (C=O) groups is 1. The van der Waals surface area contributed by atoms with Gasteiger partial charge in [0.05, 0.1) is 11.9 Å². The lowest BCUT2D eigenvalue weighted by Gasteiger charge is -2.08. The first-order valence-electron chi connectivity index (χ1n) is 5.03. The third-order valence-electron chi connectivity index (χ3n) is 2.16. The van der Waals surface area contributed by atoms with E-state index in [1.165, 1.54) is 6.20 Å². The van der Waals surface area contributed by atoms with Crippen LogP contribution in [-0.2, 0) is 0 Å². The van der Waals surface area contributed by atoms with E-state index in [2.05, 4.69) is 36.3 Å². The lowest BCUT2D eigenvalue weighted by molar-refractivity contribution is 0.209. The highest BCUT2D eigenvalue weighted by molar-refractivity contribution is 9.10. The summed E-state index contributed by atoms with van der Waals surface area (Å²) < 4.78 is 2.04. The second-order valence-electron chi connectivity index (χ2n) is 3.63. The van der Waals surface area contributed by atoms with Crippen LogP contribution < -0.4 is 5.32 Å². The van der Waals surface area contributed by atoms with Crippen molar-refractivity contribution in [1.29, 1.82) is 0 Å². The van der Waals surface area contributed by atoms with E-state index < -0.39 is 6.09 Å². The molecule has 0 atom stereocenters. The van der Waals surface area contributed by atoms with Crippen LogP contribution >= 0.6 is 15.9 Å². The van der Waals surface area contributed by atoms with E-state index in [0.29, 0.717) is 10.4 Å². The summed E-state index contributed by atoms with van der Waals surface area (Å²) >= 11 is 3.20. The van der Waals surface area contributed by atoms with Gasteiger partial charge in [0.1, 0.15) is 4.60 Å². The number of amides is 1. The van der Waals surface area contributed by atoms with Gasteiger partial charge in [-0.1, -0.05) is 0 Å². The quantitative estimate of drug-likeness (QED) is 0.886. The summed E-state index contributed by atoms with van der Waals surface area (Å²) in [5.41, 5.74) is 1.66. The van der Waals surface area contributed by atoms with Crippen LogP contribution in [0.4, 0.5) is 10.6 Å². The third kappa shape index (κ3) is 2.48. The number of aromatic nitrogens is 4. The molecule has 18 heavy (non-hydrogen) atoms. The molecule has 2 aromatic rings. The number of halogens is 1. The molecular weight excluding hydrogens is 302 g/mol. The first kappa shape index (κ1) is 12.5. The molecule has 0 aliphatic carbocycles. The Hall–Kier alpha value is -1.96. The van der Waals surface area contributed by atoms with E-state index in [9.17, 15) is 4.79 Å². The summed E-state index contributed by atoms with van der Waals surface area (Å²) in [5.74, 6) is 0.467. The van der Waals surface area contributed by atoms with Gasteiger partial charge in [-0.05, 0) is 35.8 Å². The molecule has 0 fully saturated rings. The van der Waals surface area contributed by atoms with Crippen LogP contribution in [0.5, 0.6) is 0 Å². The van der Waals surface area contributed by atoms with Gasteiger partial charge in [-0.15, -0.1) is 0 Å². The molecule has 0 aliphatic rings. The fourth-order valence-corrected chi connectivity index (χ4v) is 1.81. The summed E-state index contributed by atoms with van der Waals surface area (Å²) in [6.07, 6.45) is 0.218. The van der Waals surface area contributed by atoms with E-state index in [1.807, 2.05) is 19.9 Å². The van der Waals surface area contributed by atoms with Crippen molar-refractivity contribution in [3.8, 4) is 5.82 Å². The van der Waals surface area contributed by atoms with Crippen molar-refractivity contribution < 1.29 is 9.90 Å². The fraction of sp³-hybridized carbons (Fsp3) is 0.200. The minimum atomic E-state index is -1.20. The molecule has 94 valence electrons. The molecule has 0 saturated carbocycles. The summed E-state index contributed by atoms with van der Waals surface area (Å²) in [5, 5.41) is 15.2. The minimum absolute atomic E-state index is 0.136. The Morgan fingerprint density at radius 2 is 2.22 bits per heavy atom. The number of rotatable bonds is 2. The first-order valence-corrected chi connectivity index (χ1v) is 5.83. The van der Waals surface area contributed by atoms with E-state index in [1.54, 1.807) is 4.68 Å². The summed E-state index contributed by atoms with van der Waals surface area (Å²) in [6, 6.07) is 1.87. The molecule has 0 spiro atoms. The Bertz CT molecular complexity index is 610. The highest BCUT2D eigenvalue weighted by atomic mass is 79.9. The molecule has 0 saturated heterocycles. The zero-order chi connectivity index (χ0) is 13.3. The summed E-state index contributed by atoms with van der Waals surface area (Å²) in [7, 11) is 0. The van der Waals surface area contributed by atoms with Crippen molar-refractivity contribution in [1.82, 2.24) is 19.7 Å². The van der Waals surface area contributed by atoms with E-state index in [-0.39, 0.29) is 5.82 Å². The lowest BCUT2D eigenvalue weighted by Crippen LogP contribution is -2.14. The number of nitrogens with zero attached hydrogens (tertiary/aromatic N) is 4. The maximum atomic E-state index is 10.7. The molecule has 0 bridgehead atoms. The summed E-state index contributed by atoms with van der Waals surface area (Å²) in [4.78, 5) is 18.9. The van der Waals surface area contributed by atoms with Gasteiger partial charge >= 0.3 is 6.09 Å². The molecule has 0 unspecified atom stereocenters. The first-order chi connectivity index (χ1) is 8.47. The number of anilines is 1. The van der Waals surface area contributed by atoms with Crippen LogP contribution in [0.15, 0.2) is 16.9 Å². The van der Waals surface area contributed by atoms with Gasteiger partial charge in [0.2, 0.25) is 0 Å². The van der Waals surface area contributed by atoms with Crippen molar-refractivity contribution in [2.24, 2.45) is 0 Å². The van der Waals surface area contributed by atoms with Crippen LogP contribution in [-0.4, -0.2) is 30.9 Å². The predicted octanol–water partition coefficient (Wildman–Crippen LogP) is 2.13. The van der Waals surface area contributed by atoms with Crippen LogP contribution in [0.25, 0.3) is 5.82 Å². The highest BCUT2D eigenvalue weighted by Crippen LogP contribution is 2.19. The number of hydrogen-bond donors (Lipinski definition) is 2. The Kier molecular flexibility index (Phi) is 3.28. The lowest BCUT2D eigenvalue weighted by atomic mass is 10.4. The molecule has 7 nitrogen and oxygen atoms in total. The molecule has 0 radical (unpaired) electrons. The zero-order valence-electron chi connectivity index (χ0n) is 9.68. The van der Waals surface area contributed by atoms with E-state index in [4.69, 9.17) is 5.11 Å². The molecule has 0 aliphatic heterocycles. The van der Waals surface area contributed by atoms with E-state index >= 15 is 0 Å². The maximum absolute atomic E-state index is 10.7. The highest BCUT2D eigenvalue weighted by Gasteiger charge is 2.14. The average Bonchev–Trinajstić information content (AvgIpc) is 2.60. The Labute approximate surface area is 111 Å². The second-order valence-corrected chi connectivity index (χ2v) is 4.45. The largest absolute Gasteiger partial charge is 0.465 e. The topological polar surface area (TPSA) is 92.9 Å². The summed E-state index contributed by atoms with van der Waals surface area (Å²) in [6.45, 7) is 3.70. The van der Waals surface area contributed by atoms with Crippen molar-refractivity contribution in [2.75, 3.05) is 5.32 Å². The molecule has 2 N–H and O–H groups in total. The maximum Gasteiger partial charge on any atom is 0.410 e. The molecule has 1 amide bonds. The molecular formula is C10H10BrN5O2. The third-order valence-corrected chi connectivity index (χ3v) is 2.54. The van der Waals surface area contributed by atoms with Crippen LogP contribution in [0.2, 0.25) is 0 Å². The van der Waals surface area contributed by atoms with Gasteiger partial charge in [-0.3, -0.25) is 5.32 Å². The van der Waals surface area contributed by atoms with Crippen molar-refractivity contribution in [2.45, 2.75) is 13.8 Å². The molecule has 0 aromatic carbocycles. The number of aryl methyl sites for hydroxylation is 2. The molecule has 8 heteroatoms. The van der Waals surface area contributed by atoms with Crippen molar-refractivity contribution in [3.05, 3.63) is 28.3 Å². The van der Waals surface area contributed by atoms with E-state index in [0.717, 1.165) is 11.4 Å². The minimum Gasteiger partial charge on any atom is -0.465 e. The average molecular weight is 312 g/mol. The predicted molar refractivity (Wildman–Crippen MR) is 68.0 cm³/mol. The Morgan fingerprint density at radius 1 is 1.50 bits per heavy atom. The monoisotopic (exact) mass is 311 g/mol.